The van der Waals surface area contributed by atoms with Crippen LogP contribution in [0, 0.1) is 11.3 Å². The number of carboxylic acids is 1. The number of hydrogen-bond acceptors (Lipinski definition) is 4. The Morgan fingerprint density at radius 1 is 1.19 bits per heavy atom. The highest BCUT2D eigenvalue weighted by molar-refractivity contribution is 6.11. The number of rotatable bonds is 6. The number of nitriles is 1. The summed E-state index contributed by atoms with van der Waals surface area (Å²) in [6.07, 6.45) is -1.95. The number of halogens is 3. The van der Waals surface area contributed by atoms with Crippen molar-refractivity contribution in [1.29, 1.82) is 5.26 Å². The Hall–Kier alpha value is -4.26. The number of benzene rings is 2. The average Bonchev–Trinajstić information content (AvgIpc) is 3.07. The first-order valence-electron chi connectivity index (χ1n) is 9.14. The van der Waals surface area contributed by atoms with Crippen LogP contribution in [0.2, 0.25) is 0 Å². The molecule has 0 unspecified atom stereocenters. The van der Waals surface area contributed by atoms with Gasteiger partial charge in [0.25, 0.3) is 5.91 Å². The summed E-state index contributed by atoms with van der Waals surface area (Å²) >= 11 is 0. The summed E-state index contributed by atoms with van der Waals surface area (Å²) in [6, 6.07) is 13.4. The number of alkyl halides is 3. The lowest BCUT2D eigenvalue weighted by atomic mass is 10.1. The molecule has 32 heavy (non-hydrogen) atoms. The number of anilines is 1. The van der Waals surface area contributed by atoms with Gasteiger partial charge in [0.15, 0.2) is 0 Å². The molecule has 7 nitrogen and oxygen atoms in total. The number of likely N-dealkylation sites (N-methyl/N-ethyl adjacent to an activating group) is 1. The summed E-state index contributed by atoms with van der Waals surface area (Å²) in [7, 11) is 1.38. The minimum absolute atomic E-state index is 0.235. The maximum atomic E-state index is 12.8. The molecular formula is C22H16F3N3O4. The third kappa shape index (κ3) is 5.07. The molecule has 0 aliphatic carbocycles. The average molecular weight is 443 g/mol. The first-order valence-corrected chi connectivity index (χ1v) is 9.14. The van der Waals surface area contributed by atoms with Gasteiger partial charge in [-0.1, -0.05) is 18.2 Å². The molecule has 1 aromatic heterocycles. The number of carbonyl (C=O) groups excluding carboxylic acids is 1. The van der Waals surface area contributed by atoms with Crippen molar-refractivity contribution in [2.75, 3.05) is 11.9 Å². The van der Waals surface area contributed by atoms with E-state index in [1.165, 1.54) is 36.0 Å². The molecule has 0 aliphatic rings. The van der Waals surface area contributed by atoms with Crippen LogP contribution in [0.5, 0.6) is 5.75 Å². The van der Waals surface area contributed by atoms with E-state index in [-0.39, 0.29) is 17.8 Å². The standard InChI is InChI=1S/C22H16F3N3O4/c1-27(16-6-8-17(9-7-16)32-22(23,24)25)21(31)14(11-26)10-15-12-28(13-20(29)30)19-5-3-2-4-18(15)19/h2-10,12H,13H2,1H3,(H,29,30). The normalized spacial score (nSPS) is 11.8. The van der Waals surface area contributed by atoms with Crippen LogP contribution in [0.4, 0.5) is 18.9 Å². The van der Waals surface area contributed by atoms with Gasteiger partial charge in [-0.3, -0.25) is 9.59 Å². The molecule has 1 amide bonds. The summed E-state index contributed by atoms with van der Waals surface area (Å²) in [5.74, 6) is -2.17. The Morgan fingerprint density at radius 2 is 1.84 bits per heavy atom. The lowest BCUT2D eigenvalue weighted by Gasteiger charge is -2.17. The second-order valence-corrected chi connectivity index (χ2v) is 6.70. The monoisotopic (exact) mass is 443 g/mol. The highest BCUT2D eigenvalue weighted by Crippen LogP contribution is 2.27. The highest BCUT2D eigenvalue weighted by Gasteiger charge is 2.31. The van der Waals surface area contributed by atoms with Gasteiger partial charge < -0.3 is 19.3 Å². The lowest BCUT2D eigenvalue weighted by molar-refractivity contribution is -0.274. The topological polar surface area (TPSA) is 95.6 Å². The highest BCUT2D eigenvalue weighted by atomic mass is 19.4. The molecule has 1 N–H and O–H groups in total. The lowest BCUT2D eigenvalue weighted by Crippen LogP contribution is -2.27. The number of nitrogens with zero attached hydrogens (tertiary/aromatic N) is 3. The van der Waals surface area contributed by atoms with Crippen molar-refractivity contribution in [3.8, 4) is 11.8 Å². The number of aliphatic carboxylic acids is 1. The van der Waals surface area contributed by atoms with Gasteiger partial charge in [-0.25, -0.2) is 0 Å². The molecule has 0 spiro atoms. The second-order valence-electron chi connectivity index (χ2n) is 6.70. The number of hydrogen-bond donors (Lipinski definition) is 1. The molecule has 0 saturated heterocycles. The van der Waals surface area contributed by atoms with E-state index in [2.05, 4.69) is 4.74 Å². The van der Waals surface area contributed by atoms with E-state index in [0.717, 1.165) is 17.0 Å². The summed E-state index contributed by atoms with van der Waals surface area (Å²) in [5, 5.41) is 19.3. The van der Waals surface area contributed by atoms with Crippen LogP contribution >= 0.6 is 0 Å². The zero-order valence-corrected chi connectivity index (χ0v) is 16.6. The van der Waals surface area contributed by atoms with Gasteiger partial charge in [0.2, 0.25) is 0 Å². The third-order valence-corrected chi connectivity index (χ3v) is 4.54. The first-order chi connectivity index (χ1) is 15.1. The van der Waals surface area contributed by atoms with Crippen LogP contribution in [0.1, 0.15) is 5.56 Å². The Bertz CT molecular complexity index is 1240. The first kappa shape index (κ1) is 22.4. The molecule has 0 fully saturated rings. The summed E-state index contributed by atoms with van der Waals surface area (Å²) in [4.78, 5) is 25.1. The second kappa shape index (κ2) is 8.85. The van der Waals surface area contributed by atoms with Gasteiger partial charge >= 0.3 is 12.3 Å². The van der Waals surface area contributed by atoms with Gasteiger partial charge in [0.1, 0.15) is 23.9 Å². The molecule has 3 aromatic rings. The van der Waals surface area contributed by atoms with Crippen LogP contribution in [0.15, 0.2) is 60.3 Å². The van der Waals surface area contributed by atoms with Crippen molar-refractivity contribution < 1.29 is 32.6 Å². The predicted molar refractivity (Wildman–Crippen MR) is 110 cm³/mol. The predicted octanol–water partition coefficient (Wildman–Crippen LogP) is 4.19. The molecule has 0 radical (unpaired) electrons. The molecule has 0 saturated carbocycles. The van der Waals surface area contributed by atoms with Crippen LogP contribution in [-0.4, -0.2) is 35.0 Å². The van der Waals surface area contributed by atoms with Gasteiger partial charge in [0, 0.05) is 35.4 Å². The molecular weight excluding hydrogens is 427 g/mol. The van der Waals surface area contributed by atoms with Crippen molar-refractivity contribution >= 4 is 34.5 Å². The fraction of sp³-hybridized carbons (Fsp3) is 0.136. The third-order valence-electron chi connectivity index (χ3n) is 4.54. The van der Waals surface area contributed by atoms with Crippen LogP contribution in [-0.2, 0) is 16.1 Å². The van der Waals surface area contributed by atoms with Crippen molar-refractivity contribution in [1.82, 2.24) is 4.57 Å². The van der Waals surface area contributed by atoms with E-state index >= 15 is 0 Å². The molecule has 164 valence electrons. The van der Waals surface area contributed by atoms with E-state index in [1.807, 2.05) is 6.07 Å². The minimum Gasteiger partial charge on any atom is -0.480 e. The van der Waals surface area contributed by atoms with Gasteiger partial charge in [-0.2, -0.15) is 5.26 Å². The van der Waals surface area contributed by atoms with Crippen molar-refractivity contribution in [2.45, 2.75) is 12.9 Å². The molecule has 0 atom stereocenters. The Kier molecular flexibility index (Phi) is 6.20. The maximum Gasteiger partial charge on any atom is 0.573 e. The van der Waals surface area contributed by atoms with E-state index in [9.17, 15) is 28.0 Å². The SMILES string of the molecule is CN(C(=O)C(C#N)=Cc1cn(CC(=O)O)c2ccccc12)c1ccc(OC(F)(F)F)cc1. The molecule has 3 rings (SSSR count). The smallest absolute Gasteiger partial charge is 0.480 e. The minimum atomic E-state index is -4.83. The molecule has 2 aromatic carbocycles. The quantitative estimate of drug-likeness (QED) is 0.455. The number of ether oxygens (including phenoxy) is 1. The summed E-state index contributed by atoms with van der Waals surface area (Å²) < 4.78 is 42.2. The number of carbonyl (C=O) groups is 2. The van der Waals surface area contributed by atoms with E-state index in [4.69, 9.17) is 5.11 Å². The largest absolute Gasteiger partial charge is 0.573 e. The number of fused-ring (bicyclic) bond motifs is 1. The van der Waals surface area contributed by atoms with Gasteiger partial charge in [-0.15, -0.1) is 13.2 Å². The summed E-state index contributed by atoms with van der Waals surface area (Å²) in [6.45, 7) is -0.295. The molecule has 1 heterocycles. The number of amides is 1. The molecule has 0 bridgehead atoms. The number of carboxylic acid groups (broad SMARTS) is 1. The van der Waals surface area contributed by atoms with E-state index in [1.54, 1.807) is 24.3 Å². The zero-order chi connectivity index (χ0) is 23.5. The molecule has 10 heteroatoms. The number of aromatic nitrogens is 1. The van der Waals surface area contributed by atoms with Gasteiger partial charge in [0.05, 0.1) is 0 Å². The van der Waals surface area contributed by atoms with Crippen molar-refractivity contribution in [2.24, 2.45) is 0 Å². The van der Waals surface area contributed by atoms with Gasteiger partial charge in [-0.05, 0) is 36.4 Å². The maximum absolute atomic E-state index is 12.8. The fourth-order valence-electron chi connectivity index (χ4n) is 3.13. The number of para-hydroxylation sites is 1. The Labute approximate surface area is 180 Å². The van der Waals surface area contributed by atoms with Crippen molar-refractivity contribution in [3.63, 3.8) is 0 Å². The zero-order valence-electron chi connectivity index (χ0n) is 16.6. The Balaban J connectivity index is 1.91. The Morgan fingerprint density at radius 3 is 2.44 bits per heavy atom. The fourth-order valence-corrected chi connectivity index (χ4v) is 3.13. The van der Waals surface area contributed by atoms with E-state index in [0.29, 0.717) is 16.5 Å². The van der Waals surface area contributed by atoms with Crippen LogP contribution in [0.25, 0.3) is 17.0 Å². The van der Waals surface area contributed by atoms with E-state index < -0.39 is 24.0 Å². The van der Waals surface area contributed by atoms with Crippen LogP contribution < -0.4 is 9.64 Å². The summed E-state index contributed by atoms with van der Waals surface area (Å²) in [5.41, 5.74) is 1.12. The molecule has 0 aliphatic heterocycles. The van der Waals surface area contributed by atoms with Crippen LogP contribution in [0.3, 0.4) is 0 Å². The van der Waals surface area contributed by atoms with Crippen molar-refractivity contribution in [3.05, 3.63) is 65.9 Å².